The van der Waals surface area contributed by atoms with Crippen LogP contribution in [0.4, 0.5) is 17.1 Å². The van der Waals surface area contributed by atoms with Gasteiger partial charge in [-0.2, -0.15) is 0 Å². The highest BCUT2D eigenvalue weighted by molar-refractivity contribution is 6.10. The fraction of sp³-hybridized carbons (Fsp3) is 0. The van der Waals surface area contributed by atoms with E-state index in [1.54, 1.807) is 0 Å². The molecule has 0 aliphatic carbocycles. The summed E-state index contributed by atoms with van der Waals surface area (Å²) in [6.45, 7) is 0. The van der Waals surface area contributed by atoms with E-state index in [0.29, 0.717) is 0 Å². The van der Waals surface area contributed by atoms with Gasteiger partial charge in [0.1, 0.15) is 11.2 Å². The zero-order valence-electron chi connectivity index (χ0n) is 21.8. The molecular formula is C38H25NO. The van der Waals surface area contributed by atoms with Crippen LogP contribution in [0.1, 0.15) is 0 Å². The van der Waals surface area contributed by atoms with E-state index < -0.39 is 0 Å². The summed E-state index contributed by atoms with van der Waals surface area (Å²) in [5, 5.41) is 7.22. The molecule has 0 amide bonds. The molecule has 0 atom stereocenters. The van der Waals surface area contributed by atoms with Crippen molar-refractivity contribution in [3.05, 3.63) is 152 Å². The molecule has 0 N–H and O–H groups in total. The van der Waals surface area contributed by atoms with Crippen molar-refractivity contribution in [3.8, 4) is 11.1 Å². The highest BCUT2D eigenvalue weighted by Crippen LogP contribution is 2.43. The van der Waals surface area contributed by atoms with Crippen molar-refractivity contribution >= 4 is 60.5 Å². The largest absolute Gasteiger partial charge is 0.456 e. The number of fused-ring (bicyclic) bond motifs is 6. The van der Waals surface area contributed by atoms with Gasteiger partial charge in [0.25, 0.3) is 0 Å². The van der Waals surface area contributed by atoms with Crippen LogP contribution in [0.5, 0.6) is 0 Å². The summed E-state index contributed by atoms with van der Waals surface area (Å²) < 4.78 is 6.18. The molecule has 1 aromatic heterocycles. The Bertz CT molecular complexity index is 2170. The maximum atomic E-state index is 6.18. The molecule has 0 spiro atoms. The van der Waals surface area contributed by atoms with Crippen molar-refractivity contribution in [2.24, 2.45) is 0 Å². The molecule has 0 bridgehead atoms. The van der Waals surface area contributed by atoms with E-state index in [2.05, 4.69) is 144 Å². The Morgan fingerprint density at radius 3 is 1.88 bits per heavy atom. The minimum atomic E-state index is 0.894. The first-order valence-electron chi connectivity index (χ1n) is 13.6. The van der Waals surface area contributed by atoms with Crippen molar-refractivity contribution in [3.63, 3.8) is 0 Å². The van der Waals surface area contributed by atoms with Gasteiger partial charge in [0.05, 0.1) is 5.69 Å². The molecule has 0 radical (unpaired) electrons. The summed E-state index contributed by atoms with van der Waals surface area (Å²) in [6, 6.07) is 53.9. The van der Waals surface area contributed by atoms with Gasteiger partial charge in [-0.1, -0.05) is 109 Å². The molecular weight excluding hydrogens is 486 g/mol. The molecule has 1 heterocycles. The van der Waals surface area contributed by atoms with Crippen LogP contribution in [0.3, 0.4) is 0 Å². The van der Waals surface area contributed by atoms with Crippen molar-refractivity contribution in [1.29, 1.82) is 0 Å². The van der Waals surface area contributed by atoms with Crippen LogP contribution < -0.4 is 4.90 Å². The van der Waals surface area contributed by atoms with Gasteiger partial charge in [-0.15, -0.1) is 0 Å². The number of furan rings is 1. The molecule has 40 heavy (non-hydrogen) atoms. The third kappa shape index (κ3) is 3.65. The lowest BCUT2D eigenvalue weighted by Gasteiger charge is -2.28. The molecule has 2 nitrogen and oxygen atoms in total. The monoisotopic (exact) mass is 511 g/mol. The lowest BCUT2D eigenvalue weighted by Crippen LogP contribution is -2.11. The lowest BCUT2D eigenvalue weighted by atomic mass is 9.99. The maximum Gasteiger partial charge on any atom is 0.135 e. The van der Waals surface area contributed by atoms with E-state index in [1.807, 2.05) is 12.1 Å². The van der Waals surface area contributed by atoms with Crippen LogP contribution >= 0.6 is 0 Å². The van der Waals surface area contributed by atoms with Crippen molar-refractivity contribution in [2.45, 2.75) is 0 Å². The quantitative estimate of drug-likeness (QED) is 0.218. The van der Waals surface area contributed by atoms with E-state index in [9.17, 15) is 0 Å². The van der Waals surface area contributed by atoms with E-state index in [1.165, 1.54) is 32.7 Å². The number of rotatable bonds is 4. The van der Waals surface area contributed by atoms with E-state index in [4.69, 9.17) is 4.42 Å². The Labute approximate surface area is 232 Å². The molecule has 7 aromatic carbocycles. The van der Waals surface area contributed by atoms with Gasteiger partial charge >= 0.3 is 0 Å². The smallest absolute Gasteiger partial charge is 0.135 e. The number of hydrogen-bond donors (Lipinski definition) is 0. The first-order valence-corrected chi connectivity index (χ1v) is 13.6. The highest BCUT2D eigenvalue weighted by atomic mass is 16.3. The second-order valence-corrected chi connectivity index (χ2v) is 10.2. The zero-order valence-corrected chi connectivity index (χ0v) is 21.8. The summed E-state index contributed by atoms with van der Waals surface area (Å²) >= 11 is 0. The van der Waals surface area contributed by atoms with E-state index in [-0.39, 0.29) is 0 Å². The molecule has 0 saturated carbocycles. The Kier molecular flexibility index (Phi) is 5.17. The Balaban J connectivity index is 1.42. The fourth-order valence-corrected chi connectivity index (χ4v) is 5.94. The summed E-state index contributed by atoms with van der Waals surface area (Å²) in [7, 11) is 0. The van der Waals surface area contributed by atoms with Gasteiger partial charge in [-0.05, 0) is 69.6 Å². The molecule has 0 fully saturated rings. The SMILES string of the molecule is c1ccc(-c2ccccc2N(c2ccc3ccc4ccccc4c3c2)c2ccc3oc4ccccc4c3c2)cc1. The van der Waals surface area contributed by atoms with Crippen LogP contribution in [0.25, 0.3) is 54.6 Å². The number of para-hydroxylation sites is 2. The summed E-state index contributed by atoms with van der Waals surface area (Å²) in [5.41, 5.74) is 7.48. The van der Waals surface area contributed by atoms with Gasteiger partial charge in [0.2, 0.25) is 0 Å². The second-order valence-electron chi connectivity index (χ2n) is 10.2. The average Bonchev–Trinajstić information content (AvgIpc) is 3.40. The normalized spacial score (nSPS) is 11.5. The van der Waals surface area contributed by atoms with Crippen LogP contribution in [-0.2, 0) is 0 Å². The van der Waals surface area contributed by atoms with Crippen molar-refractivity contribution in [1.82, 2.24) is 0 Å². The number of anilines is 3. The number of benzene rings is 7. The zero-order chi connectivity index (χ0) is 26.5. The number of hydrogen-bond acceptors (Lipinski definition) is 2. The fourth-order valence-electron chi connectivity index (χ4n) is 5.94. The standard InChI is InChI=1S/C38H25NO/c1-2-10-26(11-3-1)32-14-6-8-16-36(32)39(30-22-23-38-35(25-30)33-15-7-9-17-37(33)40-38)29-21-20-28-19-18-27-12-4-5-13-31(27)34(28)24-29/h1-25H. The third-order valence-corrected chi connectivity index (χ3v) is 7.84. The molecule has 0 aliphatic rings. The molecule has 0 saturated heterocycles. The first-order chi connectivity index (χ1) is 19.8. The second kappa shape index (κ2) is 9.14. The van der Waals surface area contributed by atoms with Gasteiger partial charge in [-0.3, -0.25) is 0 Å². The van der Waals surface area contributed by atoms with Gasteiger partial charge in [-0.25, -0.2) is 0 Å². The Morgan fingerprint density at radius 2 is 1.00 bits per heavy atom. The predicted molar refractivity (Wildman–Crippen MR) is 169 cm³/mol. The third-order valence-electron chi connectivity index (χ3n) is 7.84. The maximum absolute atomic E-state index is 6.18. The van der Waals surface area contributed by atoms with Crippen molar-refractivity contribution < 1.29 is 4.42 Å². The average molecular weight is 512 g/mol. The molecule has 0 aliphatic heterocycles. The van der Waals surface area contributed by atoms with Crippen LogP contribution in [0.2, 0.25) is 0 Å². The van der Waals surface area contributed by atoms with Crippen LogP contribution in [-0.4, -0.2) is 0 Å². The predicted octanol–water partition coefficient (Wildman–Crippen LogP) is 11.0. The first kappa shape index (κ1) is 22.6. The van der Waals surface area contributed by atoms with Gasteiger partial charge in [0, 0.05) is 27.7 Å². The van der Waals surface area contributed by atoms with E-state index >= 15 is 0 Å². The van der Waals surface area contributed by atoms with E-state index in [0.717, 1.165) is 39.0 Å². The summed E-state index contributed by atoms with van der Waals surface area (Å²) in [4.78, 5) is 2.38. The van der Waals surface area contributed by atoms with Gasteiger partial charge in [0.15, 0.2) is 0 Å². The summed E-state index contributed by atoms with van der Waals surface area (Å²) in [5.74, 6) is 0. The topological polar surface area (TPSA) is 16.4 Å². The minimum Gasteiger partial charge on any atom is -0.456 e. The molecule has 8 rings (SSSR count). The minimum absolute atomic E-state index is 0.894. The lowest BCUT2D eigenvalue weighted by molar-refractivity contribution is 0.669. The molecule has 188 valence electrons. The summed E-state index contributed by atoms with van der Waals surface area (Å²) in [6.07, 6.45) is 0. The number of nitrogens with zero attached hydrogens (tertiary/aromatic N) is 1. The molecule has 8 aromatic rings. The Hall–Kier alpha value is -5.34. The molecule has 0 unspecified atom stereocenters. The highest BCUT2D eigenvalue weighted by Gasteiger charge is 2.19. The Morgan fingerprint density at radius 1 is 0.400 bits per heavy atom. The molecule has 2 heteroatoms. The van der Waals surface area contributed by atoms with Gasteiger partial charge < -0.3 is 9.32 Å². The van der Waals surface area contributed by atoms with Crippen LogP contribution in [0.15, 0.2) is 156 Å². The van der Waals surface area contributed by atoms with Crippen LogP contribution in [0, 0.1) is 0 Å². The van der Waals surface area contributed by atoms with Crippen molar-refractivity contribution in [2.75, 3.05) is 4.90 Å².